The third kappa shape index (κ3) is 3.24. The number of aromatic nitrogens is 6. The van der Waals surface area contributed by atoms with E-state index in [0.29, 0.717) is 11.9 Å². The van der Waals surface area contributed by atoms with E-state index in [2.05, 4.69) is 58.2 Å². The molecule has 1 atom stereocenters. The van der Waals surface area contributed by atoms with Crippen LogP contribution in [0.3, 0.4) is 0 Å². The van der Waals surface area contributed by atoms with Crippen molar-refractivity contribution in [2.24, 2.45) is 11.3 Å². The van der Waals surface area contributed by atoms with Gasteiger partial charge in [-0.1, -0.05) is 20.8 Å². The summed E-state index contributed by atoms with van der Waals surface area (Å²) in [5, 5.41) is 4.02. The van der Waals surface area contributed by atoms with Gasteiger partial charge in [-0.05, 0) is 12.3 Å². The molecule has 0 bridgehead atoms. The molecule has 114 valence electrons. The lowest BCUT2D eigenvalue weighted by Crippen LogP contribution is -2.40. The number of hydrogen-bond donors (Lipinski definition) is 2. The molecular formula is C12H21N9. The molecule has 21 heavy (non-hydrogen) atoms. The maximum atomic E-state index is 5.44. The molecule has 0 spiro atoms. The molecule has 2 rings (SSSR count). The Kier molecular flexibility index (Phi) is 4.03. The molecule has 0 aliphatic heterocycles. The first-order valence-electron chi connectivity index (χ1n) is 6.63. The van der Waals surface area contributed by atoms with E-state index >= 15 is 0 Å². The molecule has 1 unspecified atom stereocenters. The van der Waals surface area contributed by atoms with Crippen molar-refractivity contribution in [3.05, 3.63) is 12.7 Å². The van der Waals surface area contributed by atoms with Crippen LogP contribution in [0.5, 0.6) is 0 Å². The van der Waals surface area contributed by atoms with Crippen molar-refractivity contribution in [2.75, 3.05) is 17.4 Å². The highest BCUT2D eigenvalue weighted by Gasteiger charge is 2.26. The maximum Gasteiger partial charge on any atom is 0.258 e. The summed E-state index contributed by atoms with van der Waals surface area (Å²) in [4.78, 5) is 18.8. The average Bonchev–Trinajstić information content (AvgIpc) is 2.98. The van der Waals surface area contributed by atoms with Crippen molar-refractivity contribution in [3.8, 4) is 5.95 Å². The summed E-state index contributed by atoms with van der Waals surface area (Å²) in [5.41, 5.74) is 2.53. The van der Waals surface area contributed by atoms with Crippen molar-refractivity contribution in [1.82, 2.24) is 29.7 Å². The third-order valence-corrected chi connectivity index (χ3v) is 3.51. The van der Waals surface area contributed by atoms with Crippen molar-refractivity contribution in [2.45, 2.75) is 33.7 Å². The molecule has 0 amide bonds. The van der Waals surface area contributed by atoms with E-state index < -0.39 is 0 Å². The summed E-state index contributed by atoms with van der Waals surface area (Å²) < 4.78 is 1.46. The third-order valence-electron chi connectivity index (χ3n) is 3.51. The van der Waals surface area contributed by atoms with Gasteiger partial charge >= 0.3 is 0 Å². The van der Waals surface area contributed by atoms with E-state index in [9.17, 15) is 0 Å². The van der Waals surface area contributed by atoms with Gasteiger partial charge in [0.2, 0.25) is 11.9 Å². The van der Waals surface area contributed by atoms with Gasteiger partial charge in [-0.25, -0.2) is 10.8 Å². The van der Waals surface area contributed by atoms with Crippen LogP contribution in [0.2, 0.25) is 0 Å². The highest BCUT2D eigenvalue weighted by molar-refractivity contribution is 5.39. The topological polar surface area (TPSA) is 111 Å². The Morgan fingerprint density at radius 1 is 1.29 bits per heavy atom. The Balaban J connectivity index is 2.42. The number of hydrogen-bond acceptors (Lipinski definition) is 8. The second-order valence-electron chi connectivity index (χ2n) is 5.90. The highest BCUT2D eigenvalue weighted by Crippen LogP contribution is 2.25. The number of rotatable bonds is 4. The molecule has 0 aliphatic carbocycles. The Hall–Kier alpha value is -2.29. The fourth-order valence-corrected chi connectivity index (χ4v) is 1.74. The van der Waals surface area contributed by atoms with Crippen LogP contribution in [-0.2, 0) is 0 Å². The van der Waals surface area contributed by atoms with Gasteiger partial charge in [0, 0.05) is 13.1 Å². The first kappa shape index (κ1) is 15.1. The number of nitrogens with two attached hydrogens (primary N) is 1. The minimum absolute atomic E-state index is 0.0745. The van der Waals surface area contributed by atoms with Crippen molar-refractivity contribution >= 4 is 11.9 Å². The molecule has 0 saturated carbocycles. The zero-order chi connectivity index (χ0) is 15.6. The van der Waals surface area contributed by atoms with Crippen molar-refractivity contribution in [1.29, 1.82) is 0 Å². The molecule has 0 aliphatic rings. The largest absolute Gasteiger partial charge is 0.340 e. The fraction of sp³-hybridized carbons (Fsp3) is 0.583. The number of anilines is 2. The first-order chi connectivity index (χ1) is 9.82. The normalized spacial score (nSPS) is 13.0. The smallest absolute Gasteiger partial charge is 0.258 e. The SMILES string of the molecule is CC(N(C)c1nc(NN)nc(-n2cncn2)n1)C(C)(C)C. The summed E-state index contributed by atoms with van der Waals surface area (Å²) in [6.45, 7) is 8.61. The van der Waals surface area contributed by atoms with Crippen LogP contribution in [0.15, 0.2) is 12.7 Å². The van der Waals surface area contributed by atoms with Crippen LogP contribution in [0.1, 0.15) is 27.7 Å². The van der Waals surface area contributed by atoms with Gasteiger partial charge in [0.25, 0.3) is 5.95 Å². The van der Waals surface area contributed by atoms with E-state index in [4.69, 9.17) is 5.84 Å². The molecule has 9 nitrogen and oxygen atoms in total. The second-order valence-corrected chi connectivity index (χ2v) is 5.90. The van der Waals surface area contributed by atoms with Crippen LogP contribution in [0.4, 0.5) is 11.9 Å². The minimum atomic E-state index is 0.0745. The van der Waals surface area contributed by atoms with E-state index in [-0.39, 0.29) is 17.4 Å². The maximum absolute atomic E-state index is 5.44. The van der Waals surface area contributed by atoms with Crippen molar-refractivity contribution in [3.63, 3.8) is 0 Å². The van der Waals surface area contributed by atoms with Crippen LogP contribution in [0, 0.1) is 5.41 Å². The first-order valence-corrected chi connectivity index (χ1v) is 6.63. The Morgan fingerprint density at radius 3 is 2.52 bits per heavy atom. The average molecular weight is 291 g/mol. The Bertz CT molecular complexity index is 587. The van der Waals surface area contributed by atoms with E-state index in [1.807, 2.05) is 11.9 Å². The Morgan fingerprint density at radius 2 is 2.00 bits per heavy atom. The van der Waals surface area contributed by atoms with E-state index in [1.54, 1.807) is 0 Å². The standard InChI is InChI=1S/C12H21N9/c1-8(12(2,3)4)20(5)10-16-9(19-13)17-11(18-10)21-7-14-6-15-21/h6-8H,13H2,1-5H3,(H,16,17,18,19). The number of nitrogens with one attached hydrogen (secondary N) is 1. The van der Waals surface area contributed by atoms with E-state index in [0.717, 1.165) is 0 Å². The molecule has 2 aromatic heterocycles. The predicted molar refractivity (Wildman–Crippen MR) is 79.9 cm³/mol. The molecule has 2 heterocycles. The van der Waals surface area contributed by atoms with Gasteiger partial charge in [0.15, 0.2) is 0 Å². The Labute approximate surface area is 123 Å². The summed E-state index contributed by atoms with van der Waals surface area (Å²) in [6.07, 6.45) is 2.94. The quantitative estimate of drug-likeness (QED) is 0.622. The number of hydrazine groups is 1. The molecule has 0 saturated heterocycles. The fourth-order valence-electron chi connectivity index (χ4n) is 1.74. The molecule has 0 aromatic carbocycles. The lowest BCUT2D eigenvalue weighted by atomic mass is 9.87. The lowest BCUT2D eigenvalue weighted by Gasteiger charge is -2.35. The molecule has 0 fully saturated rings. The number of nitrogen functional groups attached to an aromatic ring is 1. The van der Waals surface area contributed by atoms with Gasteiger partial charge in [0.05, 0.1) is 0 Å². The summed E-state index contributed by atoms with van der Waals surface area (Å²) in [7, 11) is 1.94. The van der Waals surface area contributed by atoms with Gasteiger partial charge in [0.1, 0.15) is 12.7 Å². The zero-order valence-corrected chi connectivity index (χ0v) is 12.9. The van der Waals surface area contributed by atoms with Gasteiger partial charge in [-0.15, -0.1) is 0 Å². The van der Waals surface area contributed by atoms with Crippen LogP contribution >= 0.6 is 0 Å². The van der Waals surface area contributed by atoms with Gasteiger partial charge in [-0.3, -0.25) is 5.43 Å². The second kappa shape index (κ2) is 5.60. The molecule has 3 N–H and O–H groups in total. The zero-order valence-electron chi connectivity index (χ0n) is 12.9. The molecule has 2 aromatic rings. The number of nitrogens with zero attached hydrogens (tertiary/aromatic N) is 7. The highest BCUT2D eigenvalue weighted by atomic mass is 15.4. The van der Waals surface area contributed by atoms with Gasteiger partial charge in [-0.2, -0.15) is 24.7 Å². The predicted octanol–water partition coefficient (Wildman–Crippen LogP) is 0.609. The molecular weight excluding hydrogens is 270 g/mol. The van der Waals surface area contributed by atoms with Crippen LogP contribution in [-0.4, -0.2) is 42.8 Å². The summed E-state index contributed by atoms with van der Waals surface area (Å²) >= 11 is 0. The van der Waals surface area contributed by atoms with Crippen LogP contribution in [0.25, 0.3) is 5.95 Å². The van der Waals surface area contributed by atoms with Crippen molar-refractivity contribution < 1.29 is 0 Å². The summed E-state index contributed by atoms with van der Waals surface area (Å²) in [5.74, 6) is 6.59. The lowest BCUT2D eigenvalue weighted by molar-refractivity contribution is 0.327. The summed E-state index contributed by atoms with van der Waals surface area (Å²) in [6, 6.07) is 0.217. The monoisotopic (exact) mass is 291 g/mol. The molecule has 0 radical (unpaired) electrons. The minimum Gasteiger partial charge on any atom is -0.340 e. The van der Waals surface area contributed by atoms with Gasteiger partial charge < -0.3 is 4.90 Å². The van der Waals surface area contributed by atoms with Crippen LogP contribution < -0.4 is 16.2 Å². The van der Waals surface area contributed by atoms with E-state index in [1.165, 1.54) is 17.3 Å². The molecule has 9 heteroatoms.